The van der Waals surface area contributed by atoms with Crippen LogP contribution in [0, 0.1) is 5.92 Å². The molecule has 1 saturated heterocycles. The van der Waals surface area contributed by atoms with Crippen LogP contribution in [0.15, 0.2) is 59.7 Å². The molecule has 234 valence electrons. The SMILES string of the molecule is CC[C@H](C)[C@@H](C(=O)O)N(C(=O)[C@H](CC(=O)O)NC(C)=O)N1C(=O)N(Cc2ccccc2)[C@](C)(c2ccc(C=NN)cc2)C1=O. The van der Waals surface area contributed by atoms with Crippen molar-refractivity contribution in [1.82, 2.24) is 20.2 Å². The number of hydrazine groups is 1. The summed E-state index contributed by atoms with van der Waals surface area (Å²) in [6.45, 7) is 5.62. The lowest BCUT2D eigenvalue weighted by Gasteiger charge is -2.38. The lowest BCUT2D eigenvalue weighted by Crippen LogP contribution is -2.64. The summed E-state index contributed by atoms with van der Waals surface area (Å²) in [5.41, 5.74) is -0.159. The van der Waals surface area contributed by atoms with Gasteiger partial charge in [0, 0.05) is 13.5 Å². The minimum absolute atomic E-state index is 0.0994. The van der Waals surface area contributed by atoms with E-state index in [1.165, 1.54) is 25.0 Å². The van der Waals surface area contributed by atoms with E-state index in [9.17, 15) is 39.0 Å². The molecule has 0 aliphatic carbocycles. The Bertz CT molecular complexity index is 1430. The van der Waals surface area contributed by atoms with Crippen molar-refractivity contribution in [3.63, 3.8) is 0 Å². The van der Waals surface area contributed by atoms with Gasteiger partial charge < -0.3 is 21.4 Å². The maximum atomic E-state index is 14.5. The highest BCUT2D eigenvalue weighted by Crippen LogP contribution is 2.40. The summed E-state index contributed by atoms with van der Waals surface area (Å²) in [5.74, 6) is -1.50. The first kappa shape index (κ1) is 33.2. The van der Waals surface area contributed by atoms with Gasteiger partial charge in [0.15, 0.2) is 6.04 Å². The number of nitrogens with one attached hydrogen (secondary N) is 1. The van der Waals surface area contributed by atoms with Crippen molar-refractivity contribution in [3.05, 3.63) is 71.3 Å². The van der Waals surface area contributed by atoms with Crippen LogP contribution in [-0.4, -0.2) is 79.1 Å². The molecule has 1 aliphatic rings. The van der Waals surface area contributed by atoms with Crippen LogP contribution in [0.3, 0.4) is 0 Å². The van der Waals surface area contributed by atoms with Crippen LogP contribution in [0.25, 0.3) is 0 Å². The molecule has 1 aliphatic heterocycles. The fraction of sp³-hybridized carbons (Fsp3) is 0.367. The predicted octanol–water partition coefficient (Wildman–Crippen LogP) is 1.88. The summed E-state index contributed by atoms with van der Waals surface area (Å²) in [4.78, 5) is 80.5. The van der Waals surface area contributed by atoms with E-state index in [-0.39, 0.29) is 13.0 Å². The topological polar surface area (TPSA) is 203 Å². The normalized spacial score (nSPS) is 18.6. The summed E-state index contributed by atoms with van der Waals surface area (Å²) in [7, 11) is 0. The van der Waals surface area contributed by atoms with Crippen LogP contribution in [0.2, 0.25) is 0 Å². The molecule has 1 fully saturated rings. The number of imide groups is 1. The van der Waals surface area contributed by atoms with Gasteiger partial charge in [-0.3, -0.25) is 24.1 Å². The zero-order valence-corrected chi connectivity index (χ0v) is 24.8. The van der Waals surface area contributed by atoms with Crippen LogP contribution in [-0.2, 0) is 36.1 Å². The van der Waals surface area contributed by atoms with Crippen LogP contribution in [0.1, 0.15) is 57.2 Å². The van der Waals surface area contributed by atoms with Crippen molar-refractivity contribution in [3.8, 4) is 0 Å². The number of carbonyl (C=O) groups is 6. The molecule has 0 saturated carbocycles. The van der Waals surface area contributed by atoms with E-state index in [0.717, 1.165) is 6.92 Å². The van der Waals surface area contributed by atoms with Gasteiger partial charge in [0.2, 0.25) is 5.91 Å². The molecule has 5 amide bonds. The van der Waals surface area contributed by atoms with Gasteiger partial charge >= 0.3 is 18.0 Å². The molecular weight excluding hydrogens is 572 g/mol. The van der Waals surface area contributed by atoms with Gasteiger partial charge in [-0.15, -0.1) is 0 Å². The Kier molecular flexibility index (Phi) is 10.4. The number of urea groups is 1. The zero-order valence-electron chi connectivity index (χ0n) is 24.8. The van der Waals surface area contributed by atoms with Crippen LogP contribution in [0.4, 0.5) is 4.79 Å². The number of carboxylic acids is 2. The Morgan fingerprint density at radius 1 is 1.07 bits per heavy atom. The highest BCUT2D eigenvalue weighted by Gasteiger charge is 2.60. The number of nitrogens with zero attached hydrogens (tertiary/aromatic N) is 4. The van der Waals surface area contributed by atoms with Gasteiger partial charge in [-0.25, -0.2) is 14.6 Å². The molecular formula is C30H36N6O8. The standard InChI is InChI=1S/C30H36N6O8/c1-5-18(2)25(27(41)42)35(26(40)23(15-24(38)39)33-19(3)37)36-28(43)30(4,22-13-11-20(12-14-22)16-32-31)34(29(36)44)17-21-9-7-6-8-10-21/h6-14,16,18,23,25H,5,15,17,31H2,1-4H3,(H,33,37)(H,38,39)(H,41,42)/t18-,23-,25-,30+/m0/s1. The van der Waals surface area contributed by atoms with Crippen molar-refractivity contribution in [2.75, 3.05) is 0 Å². The van der Waals surface area contributed by atoms with E-state index in [1.807, 2.05) is 0 Å². The number of hydrogen-bond donors (Lipinski definition) is 4. The highest BCUT2D eigenvalue weighted by molar-refractivity contribution is 6.09. The molecule has 3 rings (SSSR count). The van der Waals surface area contributed by atoms with E-state index in [4.69, 9.17) is 5.84 Å². The molecule has 0 aromatic heterocycles. The third-order valence-electron chi connectivity index (χ3n) is 7.64. The molecule has 5 N–H and O–H groups in total. The van der Waals surface area contributed by atoms with E-state index in [1.54, 1.807) is 61.5 Å². The smallest absolute Gasteiger partial charge is 0.347 e. The van der Waals surface area contributed by atoms with Gasteiger partial charge in [0.1, 0.15) is 11.6 Å². The van der Waals surface area contributed by atoms with Crippen molar-refractivity contribution in [1.29, 1.82) is 0 Å². The maximum Gasteiger partial charge on any atom is 0.347 e. The lowest BCUT2D eigenvalue weighted by atomic mass is 9.89. The summed E-state index contributed by atoms with van der Waals surface area (Å²) in [6.07, 6.45) is 0.680. The number of hydrazone groups is 1. The van der Waals surface area contributed by atoms with Gasteiger partial charge in [-0.1, -0.05) is 74.9 Å². The first-order chi connectivity index (χ1) is 20.8. The van der Waals surface area contributed by atoms with Gasteiger partial charge in [-0.05, 0) is 29.5 Å². The van der Waals surface area contributed by atoms with Crippen molar-refractivity contribution >= 4 is 41.9 Å². The van der Waals surface area contributed by atoms with Crippen molar-refractivity contribution < 1.29 is 39.0 Å². The number of amides is 5. The number of aliphatic carboxylic acids is 2. The zero-order chi connectivity index (χ0) is 32.8. The Morgan fingerprint density at radius 3 is 2.18 bits per heavy atom. The summed E-state index contributed by atoms with van der Waals surface area (Å²) < 4.78 is 0. The Balaban J connectivity index is 2.28. The monoisotopic (exact) mass is 608 g/mol. The molecule has 0 radical (unpaired) electrons. The molecule has 4 atom stereocenters. The first-order valence-electron chi connectivity index (χ1n) is 13.9. The Hall–Kier alpha value is -5.27. The average Bonchev–Trinajstić information content (AvgIpc) is 3.16. The molecule has 2 aromatic rings. The number of hydrogen-bond acceptors (Lipinski definition) is 8. The summed E-state index contributed by atoms with van der Waals surface area (Å²) in [5, 5.41) is 26.5. The summed E-state index contributed by atoms with van der Waals surface area (Å²) in [6, 6.07) is 10.6. The number of rotatable bonds is 13. The Morgan fingerprint density at radius 2 is 1.68 bits per heavy atom. The molecule has 0 bridgehead atoms. The quantitative estimate of drug-likeness (QED) is 0.113. The molecule has 0 spiro atoms. The van der Waals surface area contributed by atoms with Gasteiger partial charge in [0.25, 0.3) is 11.8 Å². The molecule has 2 aromatic carbocycles. The number of carbonyl (C=O) groups excluding carboxylic acids is 4. The summed E-state index contributed by atoms with van der Waals surface area (Å²) >= 11 is 0. The predicted molar refractivity (Wildman–Crippen MR) is 157 cm³/mol. The van der Waals surface area contributed by atoms with Crippen LogP contribution in [0.5, 0.6) is 0 Å². The third kappa shape index (κ3) is 6.69. The van der Waals surface area contributed by atoms with E-state index >= 15 is 0 Å². The van der Waals surface area contributed by atoms with Crippen LogP contribution >= 0.6 is 0 Å². The third-order valence-corrected chi connectivity index (χ3v) is 7.64. The molecule has 14 heteroatoms. The first-order valence-corrected chi connectivity index (χ1v) is 13.9. The van der Waals surface area contributed by atoms with E-state index in [2.05, 4.69) is 10.4 Å². The second-order valence-electron chi connectivity index (χ2n) is 10.6. The molecule has 14 nitrogen and oxygen atoms in total. The second kappa shape index (κ2) is 13.8. The number of benzene rings is 2. The minimum Gasteiger partial charge on any atom is -0.481 e. The molecule has 0 unspecified atom stereocenters. The fourth-order valence-electron chi connectivity index (χ4n) is 5.11. The van der Waals surface area contributed by atoms with Crippen molar-refractivity contribution in [2.45, 2.75) is 64.7 Å². The molecule has 44 heavy (non-hydrogen) atoms. The minimum atomic E-state index is -1.78. The average molecular weight is 609 g/mol. The Labute approximate surface area is 254 Å². The van der Waals surface area contributed by atoms with E-state index < -0.39 is 65.7 Å². The van der Waals surface area contributed by atoms with Crippen LogP contribution < -0.4 is 11.2 Å². The number of carboxylic acid groups (broad SMARTS) is 2. The number of nitrogens with two attached hydrogens (primary N) is 1. The van der Waals surface area contributed by atoms with Gasteiger partial charge in [0.05, 0.1) is 12.6 Å². The van der Waals surface area contributed by atoms with Gasteiger partial charge in [-0.2, -0.15) is 10.1 Å². The largest absolute Gasteiger partial charge is 0.481 e. The maximum absolute atomic E-state index is 14.5. The molecule has 1 heterocycles. The lowest BCUT2D eigenvalue weighted by molar-refractivity contribution is -0.174. The highest BCUT2D eigenvalue weighted by atomic mass is 16.4. The second-order valence-corrected chi connectivity index (χ2v) is 10.6. The van der Waals surface area contributed by atoms with E-state index in [0.29, 0.717) is 26.7 Å². The van der Waals surface area contributed by atoms with Crippen molar-refractivity contribution in [2.24, 2.45) is 16.9 Å². The fourth-order valence-corrected chi connectivity index (χ4v) is 5.11.